The second-order valence-electron chi connectivity index (χ2n) is 6.12. The van der Waals surface area contributed by atoms with Crippen molar-refractivity contribution in [3.63, 3.8) is 0 Å². The summed E-state index contributed by atoms with van der Waals surface area (Å²) in [6.45, 7) is 0.539. The largest absolute Gasteiger partial charge is 0.384 e. The maximum Gasteiger partial charge on any atom is 0.267 e. The highest BCUT2D eigenvalue weighted by Gasteiger charge is 2.24. The first-order chi connectivity index (χ1) is 12.1. The molecule has 1 aliphatic heterocycles. The van der Waals surface area contributed by atoms with Crippen molar-refractivity contribution >= 4 is 23.1 Å². The molecule has 3 rings (SSSR count). The minimum Gasteiger partial charge on any atom is -0.384 e. The summed E-state index contributed by atoms with van der Waals surface area (Å²) in [6.07, 6.45) is 0.867. The summed E-state index contributed by atoms with van der Waals surface area (Å²) in [5, 5.41) is 3.87. The number of benzene rings is 2. The third kappa shape index (κ3) is 3.74. The van der Waals surface area contributed by atoms with Gasteiger partial charge in [0.05, 0.1) is 0 Å². The Labute approximate surface area is 147 Å². The molecule has 2 aromatic rings. The minimum atomic E-state index is -0.134. The van der Waals surface area contributed by atoms with Gasteiger partial charge in [-0.1, -0.05) is 23.4 Å². The lowest BCUT2D eigenvalue weighted by Crippen LogP contribution is -2.32. The molecule has 6 nitrogen and oxygen atoms in total. The van der Waals surface area contributed by atoms with Crippen molar-refractivity contribution in [3.05, 3.63) is 59.7 Å². The van der Waals surface area contributed by atoms with Gasteiger partial charge in [0.1, 0.15) is 0 Å². The van der Waals surface area contributed by atoms with Crippen LogP contribution in [0.25, 0.3) is 0 Å². The summed E-state index contributed by atoms with van der Waals surface area (Å²) in [5.74, 6) is 0.129. The van der Waals surface area contributed by atoms with Gasteiger partial charge in [-0.25, -0.2) is 0 Å². The molecule has 0 aliphatic carbocycles. The Morgan fingerprint density at radius 2 is 1.92 bits per heavy atom. The number of amides is 1. The third-order valence-electron chi connectivity index (χ3n) is 4.22. The van der Waals surface area contributed by atoms with Crippen molar-refractivity contribution in [2.75, 3.05) is 37.0 Å². The zero-order chi connectivity index (χ0) is 17.8. The summed E-state index contributed by atoms with van der Waals surface area (Å²) in [6, 6.07) is 15.5. The molecule has 1 aliphatic rings. The quantitative estimate of drug-likeness (QED) is 0.514. The fraction of sp³-hybridized carbons (Fsp3) is 0.263. The van der Waals surface area contributed by atoms with Crippen LogP contribution in [0.15, 0.2) is 53.7 Å². The van der Waals surface area contributed by atoms with Crippen molar-refractivity contribution in [2.45, 2.75) is 6.42 Å². The molecule has 0 saturated carbocycles. The normalized spacial score (nSPS) is 13.5. The standard InChI is InChI=1S/C19H22N4O2/c1-22(2)16-9-7-15(8-10-16)19(20)21-25-13-18(24)23-12-11-14-5-3-4-6-17(14)23/h3-10H,11-13H2,1-2H3,(H2,20,21). The molecule has 0 unspecified atom stereocenters. The van der Waals surface area contributed by atoms with E-state index in [0.29, 0.717) is 6.54 Å². The first-order valence-electron chi connectivity index (χ1n) is 8.17. The Morgan fingerprint density at radius 3 is 2.64 bits per heavy atom. The number of carbonyl (C=O) groups excluding carboxylic acids is 1. The van der Waals surface area contributed by atoms with E-state index >= 15 is 0 Å². The molecule has 0 spiro atoms. The Balaban J connectivity index is 1.58. The number of fused-ring (bicyclic) bond motifs is 1. The Kier molecular flexibility index (Phi) is 4.88. The van der Waals surface area contributed by atoms with Gasteiger partial charge < -0.3 is 20.4 Å². The number of anilines is 2. The maximum atomic E-state index is 12.3. The van der Waals surface area contributed by atoms with Crippen LogP contribution in [-0.4, -0.2) is 39.0 Å². The van der Waals surface area contributed by atoms with Crippen molar-refractivity contribution in [1.82, 2.24) is 0 Å². The molecule has 1 heterocycles. The van der Waals surface area contributed by atoms with Gasteiger partial charge in [0.25, 0.3) is 5.91 Å². The van der Waals surface area contributed by atoms with Gasteiger partial charge in [-0.15, -0.1) is 0 Å². The third-order valence-corrected chi connectivity index (χ3v) is 4.22. The van der Waals surface area contributed by atoms with E-state index in [1.165, 1.54) is 5.56 Å². The number of rotatable bonds is 5. The van der Waals surface area contributed by atoms with E-state index < -0.39 is 0 Å². The number of hydrogen-bond acceptors (Lipinski definition) is 4. The number of hydrogen-bond donors (Lipinski definition) is 1. The first-order valence-corrected chi connectivity index (χ1v) is 8.17. The predicted octanol–water partition coefficient (Wildman–Crippen LogP) is 1.98. The second-order valence-corrected chi connectivity index (χ2v) is 6.12. The van der Waals surface area contributed by atoms with Crippen LogP contribution >= 0.6 is 0 Å². The van der Waals surface area contributed by atoms with E-state index in [9.17, 15) is 4.79 Å². The molecule has 1 amide bonds. The Bertz CT molecular complexity index is 784. The van der Waals surface area contributed by atoms with Gasteiger partial charge in [0.15, 0.2) is 12.4 Å². The van der Waals surface area contributed by atoms with Crippen LogP contribution in [0.3, 0.4) is 0 Å². The summed E-state index contributed by atoms with van der Waals surface area (Å²) in [5.41, 5.74) is 9.88. The zero-order valence-electron chi connectivity index (χ0n) is 14.5. The lowest BCUT2D eigenvalue weighted by molar-refractivity contribution is -0.122. The average molecular weight is 338 g/mol. The highest BCUT2D eigenvalue weighted by molar-refractivity contribution is 5.98. The van der Waals surface area contributed by atoms with Crippen LogP contribution in [0.4, 0.5) is 11.4 Å². The highest BCUT2D eigenvalue weighted by atomic mass is 16.6. The molecule has 0 radical (unpaired) electrons. The number of nitrogens with zero attached hydrogens (tertiary/aromatic N) is 3. The van der Waals surface area contributed by atoms with Crippen LogP contribution in [-0.2, 0) is 16.1 Å². The lowest BCUT2D eigenvalue weighted by atomic mass is 10.2. The second kappa shape index (κ2) is 7.25. The number of carbonyl (C=O) groups is 1. The molecular weight excluding hydrogens is 316 g/mol. The molecule has 6 heteroatoms. The monoisotopic (exact) mass is 338 g/mol. The summed E-state index contributed by atoms with van der Waals surface area (Å²) < 4.78 is 0. The van der Waals surface area contributed by atoms with Crippen molar-refractivity contribution in [3.8, 4) is 0 Å². The number of para-hydroxylation sites is 1. The maximum absolute atomic E-state index is 12.3. The molecule has 0 saturated heterocycles. The molecule has 0 fully saturated rings. The molecular formula is C19H22N4O2. The van der Waals surface area contributed by atoms with Crippen LogP contribution in [0, 0.1) is 0 Å². The van der Waals surface area contributed by atoms with Gasteiger partial charge in [-0.3, -0.25) is 4.79 Å². The average Bonchev–Trinajstić information content (AvgIpc) is 3.05. The topological polar surface area (TPSA) is 71.2 Å². The fourth-order valence-electron chi connectivity index (χ4n) is 2.82. The van der Waals surface area contributed by atoms with E-state index in [0.717, 1.165) is 23.4 Å². The smallest absolute Gasteiger partial charge is 0.267 e. The number of oxime groups is 1. The molecule has 25 heavy (non-hydrogen) atoms. The SMILES string of the molecule is CN(C)c1ccc(C(N)=NOCC(=O)N2CCc3ccccc32)cc1. The van der Waals surface area contributed by atoms with Crippen LogP contribution in [0.5, 0.6) is 0 Å². The van der Waals surface area contributed by atoms with E-state index in [4.69, 9.17) is 10.6 Å². The van der Waals surface area contributed by atoms with Gasteiger partial charge >= 0.3 is 0 Å². The molecule has 2 N–H and O–H groups in total. The van der Waals surface area contributed by atoms with Gasteiger partial charge in [0, 0.05) is 37.6 Å². The van der Waals surface area contributed by atoms with Gasteiger partial charge in [-0.2, -0.15) is 0 Å². The van der Waals surface area contributed by atoms with Crippen LogP contribution in [0.1, 0.15) is 11.1 Å². The molecule has 130 valence electrons. The Hall–Kier alpha value is -3.02. The van der Waals surface area contributed by atoms with Crippen LogP contribution < -0.4 is 15.5 Å². The van der Waals surface area contributed by atoms with Crippen molar-refractivity contribution in [1.29, 1.82) is 0 Å². The molecule has 2 aromatic carbocycles. The van der Waals surface area contributed by atoms with E-state index in [-0.39, 0.29) is 18.3 Å². The van der Waals surface area contributed by atoms with Crippen LogP contribution in [0.2, 0.25) is 0 Å². The van der Waals surface area contributed by atoms with E-state index in [1.807, 2.05) is 67.5 Å². The minimum absolute atomic E-state index is 0.121. The molecule has 0 atom stereocenters. The van der Waals surface area contributed by atoms with Crippen molar-refractivity contribution in [2.24, 2.45) is 10.9 Å². The van der Waals surface area contributed by atoms with E-state index in [1.54, 1.807) is 4.90 Å². The zero-order valence-corrected chi connectivity index (χ0v) is 14.5. The summed E-state index contributed by atoms with van der Waals surface area (Å²) >= 11 is 0. The Morgan fingerprint density at radius 1 is 1.20 bits per heavy atom. The lowest BCUT2D eigenvalue weighted by Gasteiger charge is -2.16. The van der Waals surface area contributed by atoms with Gasteiger partial charge in [0.2, 0.25) is 0 Å². The van der Waals surface area contributed by atoms with Gasteiger partial charge in [-0.05, 0) is 42.3 Å². The predicted molar refractivity (Wildman–Crippen MR) is 99.9 cm³/mol. The first kappa shape index (κ1) is 16.8. The van der Waals surface area contributed by atoms with E-state index in [2.05, 4.69) is 5.16 Å². The highest BCUT2D eigenvalue weighted by Crippen LogP contribution is 2.27. The number of nitrogens with two attached hydrogens (primary N) is 1. The number of amidine groups is 1. The van der Waals surface area contributed by atoms with Crippen molar-refractivity contribution < 1.29 is 9.63 Å². The fourth-order valence-corrected chi connectivity index (χ4v) is 2.82. The molecule has 0 aromatic heterocycles. The summed E-state index contributed by atoms with van der Waals surface area (Å²) in [4.78, 5) is 21.2. The summed E-state index contributed by atoms with van der Waals surface area (Å²) in [7, 11) is 3.94. The molecule has 0 bridgehead atoms.